The Morgan fingerprint density at radius 3 is 2.19 bits per heavy atom. The van der Waals surface area contributed by atoms with E-state index in [-0.39, 0.29) is 0 Å². The van der Waals surface area contributed by atoms with Crippen LogP contribution in [0.15, 0.2) is 6.20 Å². The number of methoxy groups -OCH3 is 4. The minimum Gasteiger partial charge on any atom is -0.491 e. The fraction of sp³-hybridized carbons (Fsp3) is 0.500. The van der Waals surface area contributed by atoms with Gasteiger partial charge in [0.1, 0.15) is 0 Å². The van der Waals surface area contributed by atoms with E-state index >= 15 is 0 Å². The fourth-order valence-corrected chi connectivity index (χ4v) is 1.59. The number of hydrogen-bond donors (Lipinski definition) is 0. The Balaban J connectivity index is 3.32. The third-order valence-corrected chi connectivity index (χ3v) is 2.35. The molecule has 6 heteroatoms. The third kappa shape index (κ3) is 2.37. The maximum atomic E-state index is 6.03. The molecule has 0 aliphatic carbocycles. The first-order valence-electron chi connectivity index (χ1n) is 4.51. The van der Waals surface area contributed by atoms with Crippen molar-refractivity contribution in [3.8, 4) is 11.6 Å². The molecule has 1 aromatic rings. The molecule has 0 aromatic carbocycles. The van der Waals surface area contributed by atoms with E-state index in [0.717, 1.165) is 0 Å². The van der Waals surface area contributed by atoms with E-state index in [9.17, 15) is 0 Å². The van der Waals surface area contributed by atoms with Crippen molar-refractivity contribution < 1.29 is 18.9 Å². The molecule has 5 nitrogen and oxygen atoms in total. The van der Waals surface area contributed by atoms with Gasteiger partial charge in [-0.25, -0.2) is 4.98 Å². The normalized spacial score (nSPS) is 10.6. The molecule has 0 aliphatic rings. The van der Waals surface area contributed by atoms with Crippen molar-refractivity contribution in [2.75, 3.05) is 28.4 Å². The summed E-state index contributed by atoms with van der Waals surface area (Å²) in [5, 5.41) is 0.395. The fourth-order valence-electron chi connectivity index (χ4n) is 1.36. The SMILES string of the molecule is COc1ncc(Cl)c(C(OC)OC)c1OC. The van der Waals surface area contributed by atoms with E-state index in [4.69, 9.17) is 30.5 Å². The maximum Gasteiger partial charge on any atom is 0.257 e. The van der Waals surface area contributed by atoms with Crippen LogP contribution >= 0.6 is 11.6 Å². The van der Waals surface area contributed by atoms with Crippen molar-refractivity contribution in [2.24, 2.45) is 0 Å². The molecule has 0 unspecified atom stereocenters. The zero-order valence-corrected chi connectivity index (χ0v) is 10.4. The summed E-state index contributed by atoms with van der Waals surface area (Å²) in [6, 6.07) is 0. The van der Waals surface area contributed by atoms with Gasteiger partial charge in [-0.15, -0.1) is 0 Å². The van der Waals surface area contributed by atoms with Gasteiger partial charge in [-0.1, -0.05) is 11.6 Å². The molecular formula is C10H14ClNO4. The molecule has 90 valence electrons. The van der Waals surface area contributed by atoms with Crippen LogP contribution in [0.4, 0.5) is 0 Å². The van der Waals surface area contributed by atoms with Crippen LogP contribution in [0.1, 0.15) is 11.9 Å². The Bertz CT molecular complexity index is 355. The van der Waals surface area contributed by atoms with E-state index < -0.39 is 6.29 Å². The van der Waals surface area contributed by atoms with Gasteiger partial charge in [0.25, 0.3) is 5.88 Å². The number of nitrogens with zero attached hydrogens (tertiary/aromatic N) is 1. The van der Waals surface area contributed by atoms with E-state index in [1.54, 1.807) is 0 Å². The van der Waals surface area contributed by atoms with Crippen LogP contribution in [0.25, 0.3) is 0 Å². The highest BCUT2D eigenvalue weighted by Gasteiger charge is 2.23. The summed E-state index contributed by atoms with van der Waals surface area (Å²) in [5.74, 6) is 0.740. The standard InChI is InChI=1S/C10H14ClNO4/c1-13-8-7(10(15-3)16-4)6(11)5-12-9(8)14-2/h5,10H,1-4H3. The summed E-state index contributed by atoms with van der Waals surface area (Å²) < 4.78 is 20.5. The molecule has 16 heavy (non-hydrogen) atoms. The first kappa shape index (κ1) is 13.0. The average molecular weight is 248 g/mol. The lowest BCUT2D eigenvalue weighted by Gasteiger charge is -2.19. The Morgan fingerprint density at radius 1 is 1.12 bits per heavy atom. The van der Waals surface area contributed by atoms with Crippen molar-refractivity contribution in [1.29, 1.82) is 0 Å². The van der Waals surface area contributed by atoms with E-state index in [2.05, 4.69) is 4.98 Å². The van der Waals surface area contributed by atoms with Gasteiger partial charge in [0.2, 0.25) is 0 Å². The van der Waals surface area contributed by atoms with Gasteiger partial charge in [0.15, 0.2) is 12.0 Å². The largest absolute Gasteiger partial charge is 0.491 e. The van der Waals surface area contributed by atoms with E-state index in [0.29, 0.717) is 22.2 Å². The van der Waals surface area contributed by atoms with E-state index in [1.165, 1.54) is 34.6 Å². The number of hydrogen-bond acceptors (Lipinski definition) is 5. The van der Waals surface area contributed by atoms with Gasteiger partial charge in [-0.2, -0.15) is 0 Å². The average Bonchev–Trinajstić information content (AvgIpc) is 2.32. The molecular weight excluding hydrogens is 234 g/mol. The molecule has 0 bridgehead atoms. The lowest BCUT2D eigenvalue weighted by Crippen LogP contribution is -2.08. The van der Waals surface area contributed by atoms with Gasteiger partial charge in [0, 0.05) is 14.2 Å². The number of ether oxygens (including phenoxy) is 4. The van der Waals surface area contributed by atoms with Crippen molar-refractivity contribution in [1.82, 2.24) is 4.98 Å². The highest BCUT2D eigenvalue weighted by atomic mass is 35.5. The van der Waals surface area contributed by atoms with Gasteiger partial charge >= 0.3 is 0 Å². The van der Waals surface area contributed by atoms with Crippen LogP contribution < -0.4 is 9.47 Å². The smallest absolute Gasteiger partial charge is 0.257 e. The predicted octanol–water partition coefficient (Wildman–Crippen LogP) is 2.04. The second-order valence-electron chi connectivity index (χ2n) is 2.87. The molecule has 0 saturated heterocycles. The Morgan fingerprint density at radius 2 is 1.75 bits per heavy atom. The monoisotopic (exact) mass is 247 g/mol. The van der Waals surface area contributed by atoms with E-state index in [1.807, 2.05) is 0 Å². The highest BCUT2D eigenvalue weighted by molar-refractivity contribution is 6.31. The Labute approximate surface area is 99.2 Å². The molecule has 0 N–H and O–H groups in total. The summed E-state index contributed by atoms with van der Waals surface area (Å²) >= 11 is 6.03. The summed E-state index contributed by atoms with van der Waals surface area (Å²) in [6.45, 7) is 0. The topological polar surface area (TPSA) is 49.8 Å². The maximum absolute atomic E-state index is 6.03. The van der Waals surface area contributed by atoms with Crippen LogP contribution in [0.3, 0.4) is 0 Å². The second-order valence-corrected chi connectivity index (χ2v) is 3.27. The molecule has 0 aliphatic heterocycles. The van der Waals surface area contributed by atoms with Crippen LogP contribution in [-0.2, 0) is 9.47 Å². The van der Waals surface area contributed by atoms with Crippen LogP contribution in [0, 0.1) is 0 Å². The van der Waals surface area contributed by atoms with Crippen molar-refractivity contribution in [2.45, 2.75) is 6.29 Å². The minimum absolute atomic E-state index is 0.334. The Kier molecular flexibility index (Phi) is 4.79. The molecule has 0 saturated carbocycles. The quantitative estimate of drug-likeness (QED) is 0.746. The molecule has 0 amide bonds. The molecule has 1 heterocycles. The van der Waals surface area contributed by atoms with Crippen LogP contribution in [0.5, 0.6) is 11.6 Å². The molecule has 1 rings (SSSR count). The zero-order valence-electron chi connectivity index (χ0n) is 9.61. The number of pyridine rings is 1. The highest BCUT2D eigenvalue weighted by Crippen LogP contribution is 2.39. The number of aromatic nitrogens is 1. The first-order valence-corrected chi connectivity index (χ1v) is 4.89. The van der Waals surface area contributed by atoms with Gasteiger partial charge in [-0.3, -0.25) is 0 Å². The van der Waals surface area contributed by atoms with Gasteiger partial charge < -0.3 is 18.9 Å². The van der Waals surface area contributed by atoms with Gasteiger partial charge in [-0.05, 0) is 0 Å². The zero-order chi connectivity index (χ0) is 12.1. The summed E-state index contributed by atoms with van der Waals surface area (Å²) in [5.41, 5.74) is 0.556. The second kappa shape index (κ2) is 5.89. The number of halogens is 1. The van der Waals surface area contributed by atoms with Crippen LogP contribution in [-0.4, -0.2) is 33.4 Å². The van der Waals surface area contributed by atoms with Crippen LogP contribution in [0.2, 0.25) is 5.02 Å². The molecule has 0 spiro atoms. The minimum atomic E-state index is -0.626. The molecule has 0 fully saturated rings. The summed E-state index contributed by atoms with van der Waals surface area (Å²) in [6.07, 6.45) is 0.836. The van der Waals surface area contributed by atoms with Gasteiger partial charge in [0.05, 0.1) is 31.0 Å². The summed E-state index contributed by atoms with van der Waals surface area (Å²) in [7, 11) is 6.02. The lowest BCUT2D eigenvalue weighted by atomic mass is 10.2. The van der Waals surface area contributed by atoms with Crippen molar-refractivity contribution in [3.63, 3.8) is 0 Å². The predicted molar refractivity (Wildman–Crippen MR) is 59.1 cm³/mol. The first-order chi connectivity index (χ1) is 7.69. The number of rotatable bonds is 5. The van der Waals surface area contributed by atoms with Crippen molar-refractivity contribution in [3.05, 3.63) is 16.8 Å². The van der Waals surface area contributed by atoms with Crippen molar-refractivity contribution >= 4 is 11.6 Å². The summed E-state index contributed by atoms with van der Waals surface area (Å²) in [4.78, 5) is 3.99. The Hall–Kier alpha value is -1.04. The molecule has 1 aromatic heterocycles. The third-order valence-electron chi connectivity index (χ3n) is 2.05. The lowest BCUT2D eigenvalue weighted by molar-refractivity contribution is -0.107. The molecule has 0 radical (unpaired) electrons. The molecule has 0 atom stereocenters.